The third kappa shape index (κ3) is 2.37. The molecule has 1 heterocycles. The Labute approximate surface area is 109 Å². The number of carbonyl (C=O) groups is 1. The fourth-order valence-electron chi connectivity index (χ4n) is 1.43. The number of para-hydroxylation sites is 1. The van der Waals surface area contributed by atoms with E-state index in [2.05, 4.69) is 4.98 Å². The first-order valence-electron chi connectivity index (χ1n) is 4.28. The first-order valence-corrected chi connectivity index (χ1v) is 4.28. The van der Waals surface area contributed by atoms with E-state index in [9.17, 15) is 4.79 Å². The van der Waals surface area contributed by atoms with Crippen molar-refractivity contribution in [2.24, 2.45) is 0 Å². The Hall–Kier alpha value is -0.900. The molecule has 0 spiro atoms. The van der Waals surface area contributed by atoms with E-state index in [1.165, 1.54) is 0 Å². The van der Waals surface area contributed by atoms with Crippen LogP contribution in [-0.2, 0) is 0 Å². The molecule has 2 rings (SSSR count). The summed E-state index contributed by atoms with van der Waals surface area (Å²) in [5.41, 5.74) is 1.65. The van der Waals surface area contributed by atoms with Crippen LogP contribution in [0.5, 0.6) is 0 Å². The summed E-state index contributed by atoms with van der Waals surface area (Å²) in [5, 5.41) is 9.74. The number of benzene rings is 1. The summed E-state index contributed by atoms with van der Waals surface area (Å²) in [6, 6.07) is 9.13. The van der Waals surface area contributed by atoms with Crippen LogP contribution in [-0.4, -0.2) is 45.6 Å². The monoisotopic (exact) mass is 211 g/mol. The molecule has 3 nitrogen and oxygen atoms in total. The van der Waals surface area contributed by atoms with Gasteiger partial charge in [-0.2, -0.15) is 0 Å². The van der Waals surface area contributed by atoms with Crippen LogP contribution in [0.4, 0.5) is 0 Å². The minimum absolute atomic E-state index is 0. The van der Waals surface area contributed by atoms with Crippen molar-refractivity contribution in [1.29, 1.82) is 0 Å². The summed E-state index contributed by atoms with van der Waals surface area (Å²) in [6.45, 7) is 1.70. The van der Waals surface area contributed by atoms with Crippen molar-refractivity contribution in [2.75, 3.05) is 0 Å². The molecule has 0 amide bonds. The van der Waals surface area contributed by atoms with Gasteiger partial charge in [0.15, 0.2) is 0 Å². The predicted molar refractivity (Wildman–Crippen MR) is 60.6 cm³/mol. The molecule has 0 bridgehead atoms. The second kappa shape index (κ2) is 4.75. The van der Waals surface area contributed by atoms with E-state index in [1.807, 2.05) is 24.3 Å². The van der Waals surface area contributed by atoms with E-state index >= 15 is 0 Å². The predicted octanol–water partition coefficient (Wildman–Crippen LogP) is 1.59. The number of rotatable bonds is 1. The van der Waals surface area contributed by atoms with Crippen molar-refractivity contribution in [3.05, 3.63) is 41.6 Å². The molecule has 1 aromatic carbocycles. The van der Waals surface area contributed by atoms with Crippen molar-refractivity contribution in [3.63, 3.8) is 0 Å². The van der Waals surface area contributed by atoms with Crippen molar-refractivity contribution in [2.45, 2.75) is 6.92 Å². The molecule has 2 aromatic rings. The molecule has 0 unspecified atom stereocenters. The fourth-order valence-corrected chi connectivity index (χ4v) is 1.43. The van der Waals surface area contributed by atoms with Gasteiger partial charge in [0.25, 0.3) is 0 Å². The van der Waals surface area contributed by atoms with E-state index in [1.54, 1.807) is 13.0 Å². The zero-order valence-corrected chi connectivity index (χ0v) is 7.69. The van der Waals surface area contributed by atoms with Gasteiger partial charge < -0.3 is 5.11 Å². The Kier molecular flexibility index (Phi) is 3.85. The number of aromatic nitrogens is 1. The molecule has 0 aliphatic carbocycles. The third-order valence-electron chi connectivity index (χ3n) is 2.14. The van der Waals surface area contributed by atoms with Gasteiger partial charge in [0, 0.05) is 5.39 Å². The first-order chi connectivity index (χ1) is 6.68. The van der Waals surface area contributed by atoms with Crippen LogP contribution in [0.15, 0.2) is 30.3 Å². The summed E-state index contributed by atoms with van der Waals surface area (Å²) >= 11 is 0. The topological polar surface area (TPSA) is 50.2 Å². The number of pyridine rings is 1. The zero-order valence-electron chi connectivity index (χ0n) is 7.69. The molecule has 4 heteroatoms. The Morgan fingerprint density at radius 2 is 2.00 bits per heavy atom. The molecule has 0 aliphatic heterocycles. The maximum absolute atomic E-state index is 10.8. The summed E-state index contributed by atoms with van der Waals surface area (Å²) in [7, 11) is 0. The molecule has 0 radical (unpaired) electrons. The number of carboxylic acid groups (broad SMARTS) is 1. The third-order valence-corrected chi connectivity index (χ3v) is 2.14. The van der Waals surface area contributed by atoms with Crippen LogP contribution in [0.1, 0.15) is 16.1 Å². The average Bonchev–Trinajstić information content (AvgIpc) is 2.16. The van der Waals surface area contributed by atoms with Crippen molar-refractivity contribution in [1.82, 2.24) is 4.98 Å². The SMILES string of the molecule is Cc1nc2ccccc2cc1C(=O)O.[NaH]. The number of hydrogen-bond acceptors (Lipinski definition) is 2. The summed E-state index contributed by atoms with van der Waals surface area (Å²) in [5.74, 6) is -0.930. The standard InChI is InChI=1S/C11H9NO2.Na.H/c1-7-9(11(13)14)6-8-4-2-3-5-10(8)12-7;;/h2-6H,1H3,(H,13,14);;. The fraction of sp³-hybridized carbons (Fsp3) is 0.0909. The van der Waals surface area contributed by atoms with E-state index in [4.69, 9.17) is 5.11 Å². The van der Waals surface area contributed by atoms with Crippen LogP contribution in [0.3, 0.4) is 0 Å². The van der Waals surface area contributed by atoms with E-state index in [0.717, 1.165) is 10.9 Å². The van der Waals surface area contributed by atoms with Gasteiger partial charge in [-0.25, -0.2) is 4.79 Å². The van der Waals surface area contributed by atoms with E-state index < -0.39 is 5.97 Å². The number of carboxylic acids is 1. The summed E-state index contributed by atoms with van der Waals surface area (Å²) in [4.78, 5) is 15.0. The quantitative estimate of drug-likeness (QED) is 0.729. The molecular weight excluding hydrogens is 201 g/mol. The Morgan fingerprint density at radius 3 is 2.67 bits per heavy atom. The van der Waals surface area contributed by atoms with Gasteiger partial charge in [0.2, 0.25) is 0 Å². The van der Waals surface area contributed by atoms with Crippen molar-refractivity contribution < 1.29 is 9.90 Å². The molecule has 0 aliphatic rings. The average molecular weight is 211 g/mol. The van der Waals surface area contributed by atoms with Gasteiger partial charge >= 0.3 is 35.5 Å². The van der Waals surface area contributed by atoms with E-state index in [-0.39, 0.29) is 35.1 Å². The molecule has 1 aromatic heterocycles. The molecule has 15 heavy (non-hydrogen) atoms. The number of aromatic carboxylic acids is 1. The van der Waals surface area contributed by atoms with Crippen molar-refractivity contribution in [3.8, 4) is 0 Å². The number of hydrogen-bond donors (Lipinski definition) is 1. The van der Waals surface area contributed by atoms with Crippen LogP contribution < -0.4 is 0 Å². The molecule has 0 saturated heterocycles. The molecule has 0 fully saturated rings. The summed E-state index contributed by atoms with van der Waals surface area (Å²) < 4.78 is 0. The van der Waals surface area contributed by atoms with Crippen LogP contribution >= 0.6 is 0 Å². The molecule has 1 N–H and O–H groups in total. The number of aryl methyl sites for hydroxylation is 1. The molecule has 0 atom stereocenters. The zero-order chi connectivity index (χ0) is 10.1. The van der Waals surface area contributed by atoms with Crippen LogP contribution in [0, 0.1) is 6.92 Å². The minimum atomic E-state index is -0.930. The summed E-state index contributed by atoms with van der Waals surface area (Å²) in [6.07, 6.45) is 0. The Bertz CT molecular complexity index is 511. The van der Waals surface area contributed by atoms with Gasteiger partial charge in [-0.15, -0.1) is 0 Å². The van der Waals surface area contributed by atoms with Gasteiger partial charge in [0.05, 0.1) is 16.8 Å². The first kappa shape index (κ1) is 12.2. The Morgan fingerprint density at radius 1 is 1.33 bits per heavy atom. The maximum atomic E-state index is 10.8. The van der Waals surface area contributed by atoms with Gasteiger partial charge in [-0.05, 0) is 19.1 Å². The molecule has 72 valence electrons. The van der Waals surface area contributed by atoms with E-state index in [0.29, 0.717) is 5.69 Å². The Balaban J connectivity index is 0.00000112. The second-order valence-corrected chi connectivity index (χ2v) is 3.12. The molecule has 0 saturated carbocycles. The van der Waals surface area contributed by atoms with Crippen LogP contribution in [0.2, 0.25) is 0 Å². The second-order valence-electron chi connectivity index (χ2n) is 3.12. The van der Waals surface area contributed by atoms with Crippen LogP contribution in [0.25, 0.3) is 10.9 Å². The normalized spacial score (nSPS) is 9.67. The van der Waals surface area contributed by atoms with Crippen molar-refractivity contribution >= 4 is 46.4 Å². The van der Waals surface area contributed by atoms with Gasteiger partial charge in [-0.1, -0.05) is 18.2 Å². The van der Waals surface area contributed by atoms with Gasteiger partial charge in [-0.3, -0.25) is 4.98 Å². The number of fused-ring (bicyclic) bond motifs is 1. The molecular formula is C11H10NNaO2. The van der Waals surface area contributed by atoms with Gasteiger partial charge in [0.1, 0.15) is 0 Å². The number of nitrogens with zero attached hydrogens (tertiary/aromatic N) is 1.